The number of nitrogens with two attached hydrogens (primary N) is 2. The number of aryl methyl sites for hydroxylation is 1. The standard InChI is InChI=1S/C11H12N4OS/c1-6-2-4-7(5-3-6)14-11-15-8(9(12)16)10(13)17-11/h2-5H,13H2,1H3,(H2,12,16)(H,14,15). The minimum absolute atomic E-state index is 0.115. The number of anilines is 3. The molecule has 1 amide bonds. The molecule has 2 rings (SSSR count). The van der Waals surface area contributed by atoms with Crippen LogP contribution in [-0.4, -0.2) is 10.9 Å². The first-order chi connectivity index (χ1) is 8.06. The van der Waals surface area contributed by atoms with E-state index in [2.05, 4.69) is 10.3 Å². The summed E-state index contributed by atoms with van der Waals surface area (Å²) in [6.45, 7) is 2.01. The first-order valence-electron chi connectivity index (χ1n) is 4.96. The van der Waals surface area contributed by atoms with E-state index in [1.807, 2.05) is 31.2 Å². The van der Waals surface area contributed by atoms with Crippen molar-refractivity contribution >= 4 is 33.1 Å². The molecule has 2 aromatic rings. The van der Waals surface area contributed by atoms with Crippen LogP contribution in [0.1, 0.15) is 16.1 Å². The molecule has 0 spiro atoms. The fraction of sp³-hybridized carbons (Fsp3) is 0.0909. The molecule has 1 heterocycles. The Morgan fingerprint density at radius 2 is 2.00 bits per heavy atom. The van der Waals surface area contributed by atoms with Gasteiger partial charge in [0.25, 0.3) is 5.91 Å². The average molecular weight is 248 g/mol. The van der Waals surface area contributed by atoms with Gasteiger partial charge in [-0.15, -0.1) is 0 Å². The Labute approximate surface area is 102 Å². The molecule has 17 heavy (non-hydrogen) atoms. The number of thiazole rings is 1. The van der Waals surface area contributed by atoms with Gasteiger partial charge in [0.15, 0.2) is 10.8 Å². The Bertz CT molecular complexity index is 547. The number of benzene rings is 1. The van der Waals surface area contributed by atoms with E-state index in [0.29, 0.717) is 10.1 Å². The monoisotopic (exact) mass is 248 g/mol. The quantitative estimate of drug-likeness (QED) is 0.773. The number of aromatic nitrogens is 1. The zero-order chi connectivity index (χ0) is 12.4. The number of nitrogens with zero attached hydrogens (tertiary/aromatic N) is 1. The molecule has 1 aromatic heterocycles. The van der Waals surface area contributed by atoms with Gasteiger partial charge in [0.2, 0.25) is 0 Å². The number of hydrogen-bond acceptors (Lipinski definition) is 5. The maximum Gasteiger partial charge on any atom is 0.270 e. The van der Waals surface area contributed by atoms with Crippen molar-refractivity contribution in [3.63, 3.8) is 0 Å². The summed E-state index contributed by atoms with van der Waals surface area (Å²) in [6.07, 6.45) is 0. The van der Waals surface area contributed by atoms with Crippen molar-refractivity contribution in [2.45, 2.75) is 6.92 Å². The SMILES string of the molecule is Cc1ccc(Nc2nc(C(N)=O)c(N)s2)cc1. The average Bonchev–Trinajstić information content (AvgIpc) is 2.63. The molecule has 0 aliphatic carbocycles. The summed E-state index contributed by atoms with van der Waals surface area (Å²) in [5, 5.41) is 3.95. The van der Waals surface area contributed by atoms with Gasteiger partial charge in [-0.25, -0.2) is 4.98 Å². The van der Waals surface area contributed by atoms with Crippen LogP contribution in [0.4, 0.5) is 15.8 Å². The van der Waals surface area contributed by atoms with Gasteiger partial charge in [0.05, 0.1) is 0 Å². The van der Waals surface area contributed by atoms with Crippen molar-refractivity contribution in [2.24, 2.45) is 5.73 Å². The highest BCUT2D eigenvalue weighted by Gasteiger charge is 2.13. The second-order valence-electron chi connectivity index (χ2n) is 3.59. The molecule has 0 unspecified atom stereocenters. The number of carbonyl (C=O) groups excluding carboxylic acids is 1. The molecule has 6 heteroatoms. The third-order valence-electron chi connectivity index (χ3n) is 2.19. The van der Waals surface area contributed by atoms with Crippen LogP contribution in [0.3, 0.4) is 0 Å². The number of primary amides is 1. The van der Waals surface area contributed by atoms with Gasteiger partial charge >= 0.3 is 0 Å². The number of nitrogen functional groups attached to an aromatic ring is 1. The van der Waals surface area contributed by atoms with E-state index < -0.39 is 5.91 Å². The second kappa shape index (κ2) is 4.42. The van der Waals surface area contributed by atoms with Crippen LogP contribution in [0.15, 0.2) is 24.3 Å². The minimum atomic E-state index is -0.615. The molecule has 5 N–H and O–H groups in total. The van der Waals surface area contributed by atoms with Gasteiger partial charge in [-0.1, -0.05) is 29.0 Å². The van der Waals surface area contributed by atoms with Gasteiger partial charge in [-0.2, -0.15) is 0 Å². The van der Waals surface area contributed by atoms with Crippen molar-refractivity contribution < 1.29 is 4.79 Å². The Morgan fingerprint density at radius 3 is 2.53 bits per heavy atom. The fourth-order valence-electron chi connectivity index (χ4n) is 1.32. The Morgan fingerprint density at radius 1 is 1.35 bits per heavy atom. The van der Waals surface area contributed by atoms with Crippen LogP contribution in [0, 0.1) is 6.92 Å². The van der Waals surface area contributed by atoms with E-state index in [4.69, 9.17) is 11.5 Å². The largest absolute Gasteiger partial charge is 0.389 e. The Hall–Kier alpha value is -2.08. The number of rotatable bonds is 3. The summed E-state index contributed by atoms with van der Waals surface area (Å²) in [6, 6.07) is 7.82. The van der Waals surface area contributed by atoms with E-state index in [0.717, 1.165) is 5.69 Å². The molecular weight excluding hydrogens is 236 g/mol. The predicted molar refractivity (Wildman–Crippen MR) is 69.5 cm³/mol. The molecule has 0 radical (unpaired) electrons. The van der Waals surface area contributed by atoms with Crippen molar-refractivity contribution in [2.75, 3.05) is 11.1 Å². The summed E-state index contributed by atoms with van der Waals surface area (Å²) in [7, 11) is 0. The van der Waals surface area contributed by atoms with Gasteiger partial charge in [0.1, 0.15) is 5.00 Å². The second-order valence-corrected chi connectivity index (χ2v) is 4.62. The first-order valence-corrected chi connectivity index (χ1v) is 5.77. The maximum absolute atomic E-state index is 11.0. The summed E-state index contributed by atoms with van der Waals surface area (Å²) in [5.41, 5.74) is 13.0. The molecule has 0 bridgehead atoms. The van der Waals surface area contributed by atoms with Crippen LogP contribution >= 0.6 is 11.3 Å². The van der Waals surface area contributed by atoms with Crippen LogP contribution in [0.2, 0.25) is 0 Å². The van der Waals surface area contributed by atoms with E-state index in [-0.39, 0.29) is 5.69 Å². The van der Waals surface area contributed by atoms with Crippen molar-refractivity contribution in [1.82, 2.24) is 4.98 Å². The minimum Gasteiger partial charge on any atom is -0.389 e. The zero-order valence-corrected chi connectivity index (χ0v) is 10.0. The summed E-state index contributed by atoms with van der Waals surface area (Å²) in [5.74, 6) is -0.615. The van der Waals surface area contributed by atoms with Crippen LogP contribution < -0.4 is 16.8 Å². The third-order valence-corrected chi connectivity index (χ3v) is 2.99. The lowest BCUT2D eigenvalue weighted by molar-refractivity contribution is 0.0997. The molecule has 0 aliphatic rings. The van der Waals surface area contributed by atoms with E-state index in [9.17, 15) is 4.79 Å². The Balaban J connectivity index is 2.22. The highest BCUT2D eigenvalue weighted by Crippen LogP contribution is 2.27. The molecule has 0 fully saturated rings. The lowest BCUT2D eigenvalue weighted by atomic mass is 10.2. The normalized spacial score (nSPS) is 10.2. The van der Waals surface area contributed by atoms with Gasteiger partial charge < -0.3 is 16.8 Å². The van der Waals surface area contributed by atoms with Crippen LogP contribution in [0.25, 0.3) is 0 Å². The number of hydrogen-bond donors (Lipinski definition) is 3. The highest BCUT2D eigenvalue weighted by atomic mass is 32.1. The van der Waals surface area contributed by atoms with Gasteiger partial charge in [-0.05, 0) is 19.1 Å². The first kappa shape index (κ1) is 11.4. The fourth-order valence-corrected chi connectivity index (χ4v) is 2.08. The highest BCUT2D eigenvalue weighted by molar-refractivity contribution is 7.19. The van der Waals surface area contributed by atoms with Crippen molar-refractivity contribution in [1.29, 1.82) is 0 Å². The lowest BCUT2D eigenvalue weighted by Crippen LogP contribution is -2.13. The topological polar surface area (TPSA) is 94.0 Å². The predicted octanol–water partition coefficient (Wildman–Crippen LogP) is 1.88. The molecule has 0 saturated heterocycles. The van der Waals surface area contributed by atoms with Crippen LogP contribution in [-0.2, 0) is 0 Å². The zero-order valence-electron chi connectivity index (χ0n) is 9.23. The third kappa shape index (κ3) is 2.54. The molecule has 88 valence electrons. The Kier molecular flexibility index (Phi) is 2.97. The molecule has 1 aromatic carbocycles. The molecular formula is C11H12N4OS. The lowest BCUT2D eigenvalue weighted by Gasteiger charge is -2.01. The maximum atomic E-state index is 11.0. The number of nitrogens with one attached hydrogen (secondary N) is 1. The van der Waals surface area contributed by atoms with Crippen molar-refractivity contribution in [3.05, 3.63) is 35.5 Å². The van der Waals surface area contributed by atoms with E-state index in [1.54, 1.807) is 0 Å². The number of carbonyl (C=O) groups is 1. The molecule has 0 saturated carbocycles. The van der Waals surface area contributed by atoms with E-state index >= 15 is 0 Å². The summed E-state index contributed by atoms with van der Waals surface area (Å²) in [4.78, 5) is 15.0. The smallest absolute Gasteiger partial charge is 0.270 e. The summed E-state index contributed by atoms with van der Waals surface area (Å²) >= 11 is 1.20. The van der Waals surface area contributed by atoms with Gasteiger partial charge in [-0.3, -0.25) is 4.79 Å². The number of amides is 1. The molecule has 0 aliphatic heterocycles. The molecule has 0 atom stereocenters. The van der Waals surface area contributed by atoms with Crippen LogP contribution in [0.5, 0.6) is 0 Å². The van der Waals surface area contributed by atoms with Crippen molar-refractivity contribution in [3.8, 4) is 0 Å². The van der Waals surface area contributed by atoms with E-state index in [1.165, 1.54) is 16.9 Å². The molecule has 5 nitrogen and oxygen atoms in total. The van der Waals surface area contributed by atoms with Gasteiger partial charge in [0, 0.05) is 5.69 Å². The summed E-state index contributed by atoms with van der Waals surface area (Å²) < 4.78 is 0.